The number of aliphatic carboxylic acids is 1. The fourth-order valence-electron chi connectivity index (χ4n) is 9.59. The number of hydrogen-bond donors (Lipinski definition) is 4. The standard InChI is InChI=1S/C38H51N5O7/c1-26-21-29(22-27(2)35(26)47)25-43(37(49)50)19-12-32(42-18-9-30-5-3-4-6-33(30)39-36(42)48)24-38(43,13-20-44)41-16-10-31(11-17-41)40-14-7-28(8-15-40)23-34(45)46/h3-6,20-22,28,31-32H,7-19,23-25H2,1-2H3,(H3-,39,45,46,47,48,49,50)/p+1/t32?,38?,43-/m0/s1. The van der Waals surface area contributed by atoms with Crippen LogP contribution in [0.3, 0.4) is 0 Å². The van der Waals surface area contributed by atoms with Gasteiger partial charge in [-0.25, -0.2) is 9.28 Å². The Bertz CT molecular complexity index is 1580. The Balaban J connectivity index is 1.32. The number of benzene rings is 2. The van der Waals surface area contributed by atoms with Crippen molar-refractivity contribution < 1.29 is 39.0 Å². The number of rotatable bonds is 9. The fourth-order valence-corrected chi connectivity index (χ4v) is 9.59. The first-order valence-corrected chi connectivity index (χ1v) is 18.2. The molecule has 2 aromatic rings. The number of hydrogen-bond acceptors (Lipinski definition) is 7. The number of carboxylic acids is 1. The van der Waals surface area contributed by atoms with Gasteiger partial charge < -0.3 is 35.2 Å². The predicted octanol–water partition coefficient (Wildman–Crippen LogP) is 5.19. The lowest BCUT2D eigenvalue weighted by atomic mass is 9.81. The summed E-state index contributed by atoms with van der Waals surface area (Å²) in [6, 6.07) is 11.3. The number of likely N-dealkylation sites (tertiary alicyclic amines) is 3. The number of amides is 3. The quantitative estimate of drug-likeness (QED) is 0.206. The highest BCUT2D eigenvalue weighted by molar-refractivity contribution is 5.91. The van der Waals surface area contributed by atoms with Crippen LogP contribution in [0.15, 0.2) is 36.4 Å². The van der Waals surface area contributed by atoms with Gasteiger partial charge in [0.1, 0.15) is 18.6 Å². The molecule has 50 heavy (non-hydrogen) atoms. The highest BCUT2D eigenvalue weighted by Gasteiger charge is 2.64. The Morgan fingerprint density at radius 1 is 0.960 bits per heavy atom. The molecule has 4 N–H and O–H groups in total. The number of aryl methyl sites for hydroxylation is 2. The molecule has 0 aliphatic carbocycles. The summed E-state index contributed by atoms with van der Waals surface area (Å²) in [4.78, 5) is 58.3. The molecule has 0 aromatic heterocycles. The van der Waals surface area contributed by atoms with Crippen molar-refractivity contribution in [1.29, 1.82) is 0 Å². The summed E-state index contributed by atoms with van der Waals surface area (Å²) in [6.45, 7) is 7.43. The Hall–Kier alpha value is -4.00. The number of fused-ring (bicyclic) bond motifs is 1. The van der Waals surface area contributed by atoms with E-state index >= 15 is 0 Å². The largest absolute Gasteiger partial charge is 0.515 e. The van der Waals surface area contributed by atoms with Crippen LogP contribution in [0.1, 0.15) is 73.6 Å². The maximum Gasteiger partial charge on any atom is 0.515 e. The van der Waals surface area contributed by atoms with E-state index in [1.165, 1.54) is 0 Å². The van der Waals surface area contributed by atoms with E-state index in [-0.39, 0.29) is 54.2 Å². The van der Waals surface area contributed by atoms with E-state index in [1.807, 2.05) is 55.1 Å². The third-order valence-corrected chi connectivity index (χ3v) is 12.2. The van der Waals surface area contributed by atoms with Crippen molar-refractivity contribution in [2.24, 2.45) is 5.92 Å². The summed E-state index contributed by atoms with van der Waals surface area (Å²) in [5, 5.41) is 34.2. The monoisotopic (exact) mass is 690 g/mol. The second-order valence-electron chi connectivity index (χ2n) is 15.0. The SMILES string of the molecule is Cc1cc(C[N@+]2(C(=O)O)CCC(N3CCc4ccccc4NC3=O)CC2(CC=O)N2CCC(N3CCC(CC(=O)O)CC3)CC2)cc(C)c1O. The van der Waals surface area contributed by atoms with Gasteiger partial charge in [0.15, 0.2) is 5.66 Å². The van der Waals surface area contributed by atoms with Crippen molar-refractivity contribution in [2.45, 2.75) is 95.9 Å². The molecule has 2 unspecified atom stereocenters. The summed E-state index contributed by atoms with van der Waals surface area (Å²) in [7, 11) is 0. The Kier molecular flexibility index (Phi) is 10.5. The zero-order valence-corrected chi connectivity index (χ0v) is 29.4. The number of quaternary nitrogens is 1. The van der Waals surface area contributed by atoms with Crippen molar-refractivity contribution in [3.8, 4) is 5.75 Å². The molecule has 3 saturated heterocycles. The number of carbonyl (C=O) groups is 4. The summed E-state index contributed by atoms with van der Waals surface area (Å²) in [5.41, 5.74) is 2.87. The number of phenols is 1. The maximum atomic E-state index is 13.9. The van der Waals surface area contributed by atoms with E-state index in [1.54, 1.807) is 0 Å². The maximum absolute atomic E-state index is 13.9. The van der Waals surface area contributed by atoms with Crippen LogP contribution in [0.4, 0.5) is 15.3 Å². The first-order valence-electron chi connectivity index (χ1n) is 18.2. The van der Waals surface area contributed by atoms with Gasteiger partial charge in [0.25, 0.3) is 0 Å². The van der Waals surface area contributed by atoms with Crippen molar-refractivity contribution in [3.05, 3.63) is 58.7 Å². The van der Waals surface area contributed by atoms with E-state index in [0.717, 1.165) is 61.9 Å². The molecule has 3 fully saturated rings. The summed E-state index contributed by atoms with van der Waals surface area (Å²) in [6.07, 6.45) is 4.89. The number of aldehydes is 1. The van der Waals surface area contributed by atoms with Crippen molar-refractivity contribution in [2.75, 3.05) is 44.6 Å². The minimum Gasteiger partial charge on any atom is -0.507 e. The van der Waals surface area contributed by atoms with E-state index in [4.69, 9.17) is 0 Å². The lowest BCUT2D eigenvalue weighted by Crippen LogP contribution is -2.78. The number of urea groups is 1. The molecule has 6 rings (SSSR count). The Labute approximate surface area is 294 Å². The highest BCUT2D eigenvalue weighted by Crippen LogP contribution is 2.46. The van der Waals surface area contributed by atoms with Gasteiger partial charge in [-0.3, -0.25) is 9.69 Å². The van der Waals surface area contributed by atoms with Crippen LogP contribution in [0.2, 0.25) is 0 Å². The predicted molar refractivity (Wildman–Crippen MR) is 188 cm³/mol. The molecule has 0 spiro atoms. The summed E-state index contributed by atoms with van der Waals surface area (Å²) in [5.74, 6) is -0.359. The number of phenolic OH excluding ortho intramolecular Hbond substituents is 1. The lowest BCUT2D eigenvalue weighted by molar-refractivity contribution is -0.942. The van der Waals surface area contributed by atoms with Gasteiger partial charge in [0.05, 0.1) is 13.0 Å². The number of nitrogens with zero attached hydrogens (tertiary/aromatic N) is 4. The molecule has 4 heterocycles. The van der Waals surface area contributed by atoms with Crippen LogP contribution in [-0.4, -0.2) is 116 Å². The van der Waals surface area contributed by atoms with Crippen LogP contribution in [0.25, 0.3) is 0 Å². The molecule has 12 nitrogen and oxygen atoms in total. The zero-order chi connectivity index (χ0) is 35.6. The first-order chi connectivity index (χ1) is 24.0. The zero-order valence-electron chi connectivity index (χ0n) is 29.4. The molecule has 4 aliphatic rings. The van der Waals surface area contributed by atoms with Crippen LogP contribution < -0.4 is 5.32 Å². The number of carbonyl (C=O) groups excluding carboxylic acids is 2. The van der Waals surface area contributed by atoms with E-state index in [9.17, 15) is 34.5 Å². The molecule has 3 atom stereocenters. The molecule has 12 heteroatoms. The Morgan fingerprint density at radius 3 is 2.28 bits per heavy atom. The van der Waals surface area contributed by atoms with Crippen molar-refractivity contribution >= 4 is 30.1 Å². The van der Waals surface area contributed by atoms with E-state index < -0.39 is 17.7 Å². The number of aromatic hydroxyl groups is 1. The molecular weight excluding hydrogens is 638 g/mol. The van der Waals surface area contributed by atoms with E-state index in [0.29, 0.717) is 56.1 Å². The third kappa shape index (κ3) is 6.85. The molecule has 4 aliphatic heterocycles. The topological polar surface area (TPSA) is 151 Å². The van der Waals surface area contributed by atoms with Gasteiger partial charge >= 0.3 is 18.1 Å². The molecule has 0 radical (unpaired) electrons. The molecule has 270 valence electrons. The normalized spacial score (nSPS) is 27.3. The van der Waals surface area contributed by atoms with E-state index in [2.05, 4.69) is 15.1 Å². The van der Waals surface area contributed by atoms with Gasteiger partial charge in [0.2, 0.25) is 0 Å². The minimum absolute atomic E-state index is 0.00673. The summed E-state index contributed by atoms with van der Waals surface area (Å²) >= 11 is 0. The van der Waals surface area contributed by atoms with Crippen molar-refractivity contribution in [3.63, 3.8) is 0 Å². The Morgan fingerprint density at radius 2 is 1.64 bits per heavy atom. The van der Waals surface area contributed by atoms with Crippen LogP contribution in [0.5, 0.6) is 5.75 Å². The average Bonchev–Trinajstić information content (AvgIpc) is 3.26. The number of para-hydroxylation sites is 1. The molecule has 2 aromatic carbocycles. The lowest BCUT2D eigenvalue weighted by Gasteiger charge is -2.59. The van der Waals surface area contributed by atoms with Gasteiger partial charge in [-0.2, -0.15) is 4.79 Å². The number of piperidine rings is 3. The van der Waals surface area contributed by atoms with Crippen LogP contribution in [0, 0.1) is 19.8 Å². The number of anilines is 1. The van der Waals surface area contributed by atoms with Crippen LogP contribution >= 0.6 is 0 Å². The molecule has 3 amide bonds. The fraction of sp³-hybridized carbons (Fsp3) is 0.579. The first kappa shape index (κ1) is 35.8. The number of nitrogens with one attached hydrogen (secondary N) is 1. The second kappa shape index (κ2) is 14.7. The molecular formula is C38H52N5O7+. The van der Waals surface area contributed by atoms with Gasteiger partial charge in [-0.1, -0.05) is 18.2 Å². The second-order valence-corrected chi connectivity index (χ2v) is 15.0. The van der Waals surface area contributed by atoms with Gasteiger partial charge in [0, 0.05) is 62.2 Å². The molecule has 0 bridgehead atoms. The number of carboxylic acid groups (broad SMARTS) is 2. The minimum atomic E-state index is -1.12. The van der Waals surface area contributed by atoms with Gasteiger partial charge in [-0.15, -0.1) is 0 Å². The molecule has 0 saturated carbocycles. The van der Waals surface area contributed by atoms with Crippen LogP contribution in [-0.2, 0) is 22.6 Å². The summed E-state index contributed by atoms with van der Waals surface area (Å²) < 4.78 is -0.354. The van der Waals surface area contributed by atoms with Crippen molar-refractivity contribution in [1.82, 2.24) is 14.7 Å². The van der Waals surface area contributed by atoms with Gasteiger partial charge in [-0.05, 0) is 99.8 Å². The smallest absolute Gasteiger partial charge is 0.507 e. The highest BCUT2D eigenvalue weighted by atomic mass is 16.4. The average molecular weight is 691 g/mol. The third-order valence-electron chi connectivity index (χ3n) is 12.2.